The van der Waals surface area contributed by atoms with Crippen molar-refractivity contribution in [2.75, 3.05) is 0 Å². The number of carboxylic acid groups (broad SMARTS) is 1. The second-order valence-corrected chi connectivity index (χ2v) is 5.33. The van der Waals surface area contributed by atoms with Crippen molar-refractivity contribution in [1.29, 1.82) is 0 Å². The van der Waals surface area contributed by atoms with Crippen LogP contribution in [0.4, 0.5) is 4.39 Å². The molecule has 0 aliphatic heterocycles. The minimum absolute atomic E-state index is 0.0109. The second-order valence-electron chi connectivity index (χ2n) is 4.47. The molecule has 6 heteroatoms. The fourth-order valence-electron chi connectivity index (χ4n) is 2.10. The summed E-state index contributed by atoms with van der Waals surface area (Å²) in [4.78, 5) is 15.7. The second kappa shape index (κ2) is 5.73. The van der Waals surface area contributed by atoms with Crippen LogP contribution in [0.1, 0.15) is 10.4 Å². The quantitative estimate of drug-likeness (QED) is 0.738. The maximum absolute atomic E-state index is 14.0. The molecule has 0 aliphatic rings. The average Bonchev–Trinajstić information content (AvgIpc) is 2.51. The summed E-state index contributed by atoms with van der Waals surface area (Å²) in [6, 6.07) is 11.3. The zero-order chi connectivity index (χ0) is 15.7. The first-order valence-electron chi connectivity index (χ1n) is 6.31. The van der Waals surface area contributed by atoms with Crippen LogP contribution >= 0.6 is 15.9 Å². The summed E-state index contributed by atoms with van der Waals surface area (Å²) in [7, 11) is 0. The maximum atomic E-state index is 14.0. The predicted molar refractivity (Wildman–Crippen MR) is 82.9 cm³/mol. The first kappa shape index (κ1) is 14.5. The number of benzene rings is 2. The van der Waals surface area contributed by atoms with Crippen LogP contribution in [0.15, 0.2) is 53.1 Å². The molecule has 0 saturated carbocycles. The number of pyridine rings is 1. The van der Waals surface area contributed by atoms with Crippen molar-refractivity contribution in [3.8, 4) is 11.5 Å². The van der Waals surface area contributed by atoms with Crippen LogP contribution < -0.4 is 4.74 Å². The Labute approximate surface area is 133 Å². The van der Waals surface area contributed by atoms with Crippen LogP contribution in [0, 0.1) is 5.82 Å². The number of hydrogen-bond acceptors (Lipinski definition) is 3. The molecule has 0 unspecified atom stereocenters. The Morgan fingerprint density at radius 1 is 1.14 bits per heavy atom. The van der Waals surface area contributed by atoms with Crippen molar-refractivity contribution in [3.05, 3.63) is 64.5 Å². The zero-order valence-electron chi connectivity index (χ0n) is 11.1. The Hall–Kier alpha value is -2.47. The van der Waals surface area contributed by atoms with Crippen LogP contribution in [0.5, 0.6) is 11.5 Å². The zero-order valence-corrected chi connectivity index (χ0v) is 12.7. The first-order valence-corrected chi connectivity index (χ1v) is 7.10. The van der Waals surface area contributed by atoms with Gasteiger partial charge in [-0.15, -0.1) is 0 Å². The lowest BCUT2D eigenvalue weighted by Gasteiger charge is -2.11. The average molecular weight is 362 g/mol. The van der Waals surface area contributed by atoms with Crippen LogP contribution in [0.2, 0.25) is 0 Å². The van der Waals surface area contributed by atoms with Crippen molar-refractivity contribution in [2.24, 2.45) is 0 Å². The smallest absolute Gasteiger partial charge is 0.340 e. The van der Waals surface area contributed by atoms with Gasteiger partial charge < -0.3 is 9.84 Å². The molecule has 3 aromatic rings. The number of rotatable bonds is 3. The largest absolute Gasteiger partial charge is 0.478 e. The number of aromatic carboxylic acids is 1. The van der Waals surface area contributed by atoms with E-state index in [1.807, 2.05) is 0 Å². The van der Waals surface area contributed by atoms with Gasteiger partial charge in [0.1, 0.15) is 5.56 Å². The molecule has 1 heterocycles. The van der Waals surface area contributed by atoms with Gasteiger partial charge in [0, 0.05) is 5.39 Å². The number of carboxylic acids is 1. The molecule has 0 spiro atoms. The molecule has 0 bridgehead atoms. The topological polar surface area (TPSA) is 59.4 Å². The molecule has 4 nitrogen and oxygen atoms in total. The number of para-hydroxylation sites is 1. The summed E-state index contributed by atoms with van der Waals surface area (Å²) in [6.45, 7) is 0. The molecule has 0 fully saturated rings. The highest BCUT2D eigenvalue weighted by atomic mass is 79.9. The van der Waals surface area contributed by atoms with Gasteiger partial charge in [-0.25, -0.2) is 9.18 Å². The number of aromatic nitrogens is 1. The number of ether oxygens (including phenoxy) is 1. The predicted octanol–water partition coefficient (Wildman–Crippen LogP) is 4.63. The normalized spacial score (nSPS) is 10.6. The molecular weight excluding hydrogens is 353 g/mol. The molecule has 1 aromatic heterocycles. The molecule has 110 valence electrons. The highest BCUT2D eigenvalue weighted by molar-refractivity contribution is 9.10. The standard InChI is InChI=1S/C16H9BrFNO3/c17-10-5-3-7-12(15(10)18)22-13-8-19-11-6-2-1-4-9(11)14(13)16(20)21/h1-8H,(H,20,21). The number of fused-ring (bicyclic) bond motifs is 1. The van der Waals surface area contributed by atoms with Crippen LogP contribution in [-0.4, -0.2) is 16.1 Å². The SMILES string of the molecule is O=C(O)c1c(Oc2cccc(Br)c2F)cnc2ccccc12. The van der Waals surface area contributed by atoms with Gasteiger partial charge >= 0.3 is 5.97 Å². The lowest BCUT2D eigenvalue weighted by molar-refractivity contribution is 0.0696. The van der Waals surface area contributed by atoms with Crippen molar-refractivity contribution >= 4 is 32.8 Å². The van der Waals surface area contributed by atoms with Crippen LogP contribution in [0.3, 0.4) is 0 Å². The van der Waals surface area contributed by atoms with Gasteiger partial charge in [-0.2, -0.15) is 0 Å². The van der Waals surface area contributed by atoms with E-state index in [1.54, 1.807) is 30.3 Å². The summed E-state index contributed by atoms with van der Waals surface area (Å²) in [5.41, 5.74) is 0.479. The third-order valence-corrected chi connectivity index (χ3v) is 3.70. The highest BCUT2D eigenvalue weighted by Crippen LogP contribution is 2.33. The summed E-state index contributed by atoms with van der Waals surface area (Å²) in [5.74, 6) is -1.85. The van der Waals surface area contributed by atoms with Crippen molar-refractivity contribution in [1.82, 2.24) is 4.98 Å². The number of nitrogens with zero attached hydrogens (tertiary/aromatic N) is 1. The van der Waals surface area contributed by atoms with E-state index < -0.39 is 11.8 Å². The van der Waals surface area contributed by atoms with E-state index >= 15 is 0 Å². The van der Waals surface area contributed by atoms with Gasteiger partial charge in [-0.05, 0) is 34.1 Å². The molecular formula is C16H9BrFNO3. The number of carbonyl (C=O) groups is 1. The molecule has 1 N–H and O–H groups in total. The lowest BCUT2D eigenvalue weighted by Crippen LogP contribution is -2.03. The van der Waals surface area contributed by atoms with E-state index in [0.717, 1.165) is 0 Å². The van der Waals surface area contributed by atoms with Gasteiger partial charge in [-0.3, -0.25) is 4.98 Å². The Morgan fingerprint density at radius 3 is 2.68 bits per heavy atom. The Kier molecular flexibility index (Phi) is 3.77. The summed E-state index contributed by atoms with van der Waals surface area (Å²) >= 11 is 3.06. The summed E-state index contributed by atoms with van der Waals surface area (Å²) in [5, 5.41) is 9.89. The fraction of sp³-hybridized carbons (Fsp3) is 0. The Morgan fingerprint density at radius 2 is 1.91 bits per heavy atom. The molecule has 0 saturated heterocycles. The van der Waals surface area contributed by atoms with E-state index in [1.165, 1.54) is 18.3 Å². The minimum atomic E-state index is -1.16. The monoisotopic (exact) mass is 361 g/mol. The van der Waals surface area contributed by atoms with Crippen molar-refractivity contribution in [3.63, 3.8) is 0 Å². The van der Waals surface area contributed by atoms with Crippen LogP contribution in [0.25, 0.3) is 10.9 Å². The molecule has 0 aliphatic carbocycles. The highest BCUT2D eigenvalue weighted by Gasteiger charge is 2.18. The Balaban J connectivity index is 2.16. The van der Waals surface area contributed by atoms with Crippen LogP contribution in [-0.2, 0) is 0 Å². The molecule has 0 amide bonds. The van der Waals surface area contributed by atoms with Crippen molar-refractivity contribution < 1.29 is 19.0 Å². The molecule has 2 aromatic carbocycles. The molecule has 22 heavy (non-hydrogen) atoms. The molecule has 0 atom stereocenters. The fourth-order valence-corrected chi connectivity index (χ4v) is 2.45. The minimum Gasteiger partial charge on any atom is -0.478 e. The first-order chi connectivity index (χ1) is 10.6. The van der Waals surface area contributed by atoms with Gasteiger partial charge in [0.25, 0.3) is 0 Å². The van der Waals surface area contributed by atoms with E-state index in [0.29, 0.717) is 10.9 Å². The third-order valence-electron chi connectivity index (χ3n) is 3.09. The maximum Gasteiger partial charge on any atom is 0.340 e. The van der Waals surface area contributed by atoms with E-state index in [-0.39, 0.29) is 21.5 Å². The summed E-state index contributed by atoms with van der Waals surface area (Å²) in [6.07, 6.45) is 1.28. The number of halogens is 2. The molecule has 0 radical (unpaired) electrons. The molecule has 3 rings (SSSR count). The summed E-state index contributed by atoms with van der Waals surface area (Å²) < 4.78 is 19.7. The number of hydrogen-bond donors (Lipinski definition) is 1. The van der Waals surface area contributed by atoms with E-state index in [4.69, 9.17) is 4.74 Å². The van der Waals surface area contributed by atoms with E-state index in [2.05, 4.69) is 20.9 Å². The van der Waals surface area contributed by atoms with Gasteiger partial charge in [0.15, 0.2) is 17.3 Å². The Bertz CT molecular complexity index is 882. The van der Waals surface area contributed by atoms with Gasteiger partial charge in [-0.1, -0.05) is 24.3 Å². The van der Waals surface area contributed by atoms with Gasteiger partial charge in [0.05, 0.1) is 16.2 Å². The van der Waals surface area contributed by atoms with Gasteiger partial charge in [0.2, 0.25) is 0 Å². The van der Waals surface area contributed by atoms with Crippen molar-refractivity contribution in [2.45, 2.75) is 0 Å². The third kappa shape index (κ3) is 2.53. The lowest BCUT2D eigenvalue weighted by atomic mass is 10.1. The van der Waals surface area contributed by atoms with E-state index in [9.17, 15) is 14.3 Å².